The highest BCUT2D eigenvalue weighted by Crippen LogP contribution is 2.23. The molecule has 156 valence electrons. The van der Waals surface area contributed by atoms with Gasteiger partial charge in [0.05, 0.1) is 11.8 Å². The molecule has 8 heteroatoms. The van der Waals surface area contributed by atoms with Crippen LogP contribution in [0.4, 0.5) is 5.69 Å². The normalized spacial score (nSPS) is 10.5. The van der Waals surface area contributed by atoms with Gasteiger partial charge in [-0.3, -0.25) is 9.59 Å². The summed E-state index contributed by atoms with van der Waals surface area (Å²) in [6.45, 7) is 1.41. The Labute approximate surface area is 187 Å². The van der Waals surface area contributed by atoms with Crippen molar-refractivity contribution in [2.24, 2.45) is 5.10 Å². The summed E-state index contributed by atoms with van der Waals surface area (Å²) in [5.74, 6) is -0.821. The van der Waals surface area contributed by atoms with Gasteiger partial charge in [-0.25, -0.2) is 10.2 Å². The minimum Gasteiger partial charge on any atom is -0.422 e. The number of benzene rings is 3. The number of halogens is 1. The maximum atomic E-state index is 12.3. The Balaban J connectivity index is 1.68. The van der Waals surface area contributed by atoms with E-state index in [2.05, 4.69) is 31.8 Å². The minimum absolute atomic E-state index is 0.195. The molecule has 3 aromatic carbocycles. The molecule has 0 aliphatic rings. The summed E-state index contributed by atoms with van der Waals surface area (Å²) < 4.78 is 6.23. The first-order valence-corrected chi connectivity index (χ1v) is 9.99. The molecule has 31 heavy (non-hydrogen) atoms. The smallest absolute Gasteiger partial charge is 0.343 e. The molecule has 0 spiro atoms. The first kappa shape index (κ1) is 21.9. The van der Waals surface area contributed by atoms with E-state index >= 15 is 0 Å². The molecule has 0 atom stereocenters. The number of hydrogen-bond acceptors (Lipinski definition) is 5. The van der Waals surface area contributed by atoms with Gasteiger partial charge >= 0.3 is 5.97 Å². The molecule has 2 amide bonds. The van der Waals surface area contributed by atoms with Crippen LogP contribution in [0, 0.1) is 0 Å². The summed E-state index contributed by atoms with van der Waals surface area (Å²) in [6.07, 6.45) is 1.39. The van der Waals surface area contributed by atoms with Gasteiger partial charge in [0.25, 0.3) is 5.91 Å². The van der Waals surface area contributed by atoms with Crippen LogP contribution < -0.4 is 15.5 Å². The number of esters is 1. The van der Waals surface area contributed by atoms with Crippen molar-refractivity contribution >= 4 is 45.6 Å². The number of hydrogen-bond donors (Lipinski definition) is 2. The van der Waals surface area contributed by atoms with Gasteiger partial charge < -0.3 is 10.1 Å². The second kappa shape index (κ2) is 10.3. The van der Waals surface area contributed by atoms with Crippen molar-refractivity contribution < 1.29 is 19.1 Å². The average Bonchev–Trinajstić information content (AvgIpc) is 2.76. The van der Waals surface area contributed by atoms with Crippen molar-refractivity contribution in [3.05, 3.63) is 94.0 Å². The zero-order valence-electron chi connectivity index (χ0n) is 16.5. The van der Waals surface area contributed by atoms with E-state index in [4.69, 9.17) is 4.74 Å². The third-order valence-electron chi connectivity index (χ3n) is 4.02. The fourth-order valence-electron chi connectivity index (χ4n) is 2.58. The molecule has 0 heterocycles. The number of nitrogens with one attached hydrogen (secondary N) is 2. The number of rotatable bonds is 6. The van der Waals surface area contributed by atoms with Gasteiger partial charge in [0.15, 0.2) is 0 Å². The predicted octanol–water partition coefficient (Wildman–Crippen LogP) is 4.39. The van der Waals surface area contributed by atoms with Crippen molar-refractivity contribution in [3.8, 4) is 5.75 Å². The zero-order chi connectivity index (χ0) is 22.2. The highest BCUT2D eigenvalue weighted by Gasteiger charge is 2.11. The monoisotopic (exact) mass is 479 g/mol. The summed E-state index contributed by atoms with van der Waals surface area (Å²) in [4.78, 5) is 35.7. The number of carbonyl (C=O) groups excluding carboxylic acids is 3. The second-order valence-corrected chi connectivity index (χ2v) is 7.31. The average molecular weight is 480 g/mol. The third kappa shape index (κ3) is 6.35. The molecular weight excluding hydrogens is 462 g/mol. The van der Waals surface area contributed by atoms with E-state index in [1.807, 2.05) is 6.07 Å². The molecule has 2 N–H and O–H groups in total. The van der Waals surface area contributed by atoms with Crippen molar-refractivity contribution in [2.45, 2.75) is 6.92 Å². The fraction of sp³-hybridized carbons (Fsp3) is 0.0435. The standard InChI is InChI=1S/C23H18BrN3O4/c1-15(28)26-20-10-7-16(8-11-20)22(29)27-25-14-18-13-19(24)9-12-21(18)31-23(30)17-5-3-2-4-6-17/h2-14H,1H3,(H,26,28)(H,27,29)/b25-14-. The van der Waals surface area contributed by atoms with Crippen LogP contribution >= 0.6 is 15.9 Å². The maximum Gasteiger partial charge on any atom is 0.343 e. The topological polar surface area (TPSA) is 96.9 Å². The summed E-state index contributed by atoms with van der Waals surface area (Å²) >= 11 is 3.37. The van der Waals surface area contributed by atoms with Crippen LogP contribution in [0.15, 0.2) is 82.4 Å². The second-order valence-electron chi connectivity index (χ2n) is 6.40. The van der Waals surface area contributed by atoms with Gasteiger partial charge in [-0.1, -0.05) is 34.1 Å². The van der Waals surface area contributed by atoms with Crippen molar-refractivity contribution in [2.75, 3.05) is 5.32 Å². The SMILES string of the molecule is CC(=O)Nc1ccc(C(=O)N/N=C\c2cc(Br)ccc2OC(=O)c2ccccc2)cc1. The van der Waals surface area contributed by atoms with Crippen LogP contribution in [0.5, 0.6) is 5.75 Å². The number of carbonyl (C=O) groups is 3. The molecule has 0 radical (unpaired) electrons. The van der Waals surface area contributed by atoms with Crippen LogP contribution in [0.1, 0.15) is 33.2 Å². The van der Waals surface area contributed by atoms with Gasteiger partial charge in [0.1, 0.15) is 5.75 Å². The van der Waals surface area contributed by atoms with E-state index < -0.39 is 11.9 Å². The highest BCUT2D eigenvalue weighted by molar-refractivity contribution is 9.10. The summed E-state index contributed by atoms with van der Waals surface area (Å²) in [6, 6.07) is 20.1. The van der Waals surface area contributed by atoms with Gasteiger partial charge in [-0.05, 0) is 54.6 Å². The van der Waals surface area contributed by atoms with Gasteiger partial charge in [0.2, 0.25) is 5.91 Å². The summed E-state index contributed by atoms with van der Waals surface area (Å²) in [5, 5.41) is 6.59. The number of hydrazone groups is 1. The predicted molar refractivity (Wildman–Crippen MR) is 121 cm³/mol. The first-order valence-electron chi connectivity index (χ1n) is 9.20. The van der Waals surface area contributed by atoms with Gasteiger partial charge in [-0.15, -0.1) is 0 Å². The van der Waals surface area contributed by atoms with Crippen LogP contribution in [-0.4, -0.2) is 24.0 Å². The lowest BCUT2D eigenvalue weighted by atomic mass is 10.2. The number of anilines is 1. The molecule has 0 aliphatic heterocycles. The lowest BCUT2D eigenvalue weighted by Crippen LogP contribution is -2.18. The van der Waals surface area contributed by atoms with E-state index in [9.17, 15) is 14.4 Å². The van der Waals surface area contributed by atoms with Crippen molar-refractivity contribution in [1.29, 1.82) is 0 Å². The largest absolute Gasteiger partial charge is 0.422 e. The number of nitrogens with zero attached hydrogens (tertiary/aromatic N) is 1. The van der Waals surface area contributed by atoms with E-state index in [0.717, 1.165) is 4.47 Å². The van der Waals surface area contributed by atoms with Crippen LogP contribution in [0.25, 0.3) is 0 Å². The lowest BCUT2D eigenvalue weighted by Gasteiger charge is -2.08. The van der Waals surface area contributed by atoms with E-state index in [1.54, 1.807) is 66.7 Å². The molecule has 3 rings (SSSR count). The summed E-state index contributed by atoms with van der Waals surface area (Å²) in [7, 11) is 0. The Morgan fingerprint density at radius 1 is 0.935 bits per heavy atom. The summed E-state index contributed by atoms with van der Waals surface area (Å²) in [5.41, 5.74) is 4.31. The Bertz CT molecular complexity index is 1130. The van der Waals surface area contributed by atoms with Crippen molar-refractivity contribution in [3.63, 3.8) is 0 Å². The lowest BCUT2D eigenvalue weighted by molar-refractivity contribution is -0.114. The molecule has 0 unspecified atom stereocenters. The highest BCUT2D eigenvalue weighted by atomic mass is 79.9. The molecule has 3 aromatic rings. The van der Waals surface area contributed by atoms with Gasteiger partial charge in [0, 0.05) is 28.2 Å². The Morgan fingerprint density at radius 3 is 2.32 bits per heavy atom. The maximum absolute atomic E-state index is 12.3. The zero-order valence-corrected chi connectivity index (χ0v) is 18.0. The minimum atomic E-state index is -0.499. The van der Waals surface area contributed by atoms with Crippen LogP contribution in [0.3, 0.4) is 0 Å². The number of ether oxygens (including phenoxy) is 1. The quantitative estimate of drug-likeness (QED) is 0.237. The Hall–Kier alpha value is -3.78. The molecule has 0 aromatic heterocycles. The van der Waals surface area contributed by atoms with E-state index in [-0.39, 0.29) is 5.91 Å². The van der Waals surface area contributed by atoms with Gasteiger partial charge in [-0.2, -0.15) is 5.10 Å². The first-order chi connectivity index (χ1) is 14.9. The van der Waals surface area contributed by atoms with Crippen LogP contribution in [0.2, 0.25) is 0 Å². The molecule has 7 nitrogen and oxygen atoms in total. The Morgan fingerprint density at radius 2 is 1.65 bits per heavy atom. The molecule has 0 bridgehead atoms. The third-order valence-corrected chi connectivity index (χ3v) is 4.51. The molecule has 0 saturated heterocycles. The van der Waals surface area contributed by atoms with Crippen molar-refractivity contribution in [1.82, 2.24) is 5.43 Å². The van der Waals surface area contributed by atoms with E-state index in [1.165, 1.54) is 13.1 Å². The molecule has 0 saturated carbocycles. The molecule has 0 aliphatic carbocycles. The fourth-order valence-corrected chi connectivity index (χ4v) is 2.96. The number of amides is 2. The van der Waals surface area contributed by atoms with E-state index in [0.29, 0.717) is 28.1 Å². The Kier molecular flexibility index (Phi) is 7.29. The molecule has 0 fully saturated rings. The van der Waals surface area contributed by atoms with Crippen LogP contribution in [-0.2, 0) is 4.79 Å². The molecular formula is C23H18BrN3O4.